The van der Waals surface area contributed by atoms with Crippen LogP contribution >= 0.6 is 0 Å². The van der Waals surface area contributed by atoms with Crippen molar-refractivity contribution in [2.24, 2.45) is 0 Å². The van der Waals surface area contributed by atoms with Crippen molar-refractivity contribution in [1.29, 1.82) is 0 Å². The summed E-state index contributed by atoms with van der Waals surface area (Å²) in [5, 5.41) is 0. The first-order valence-corrected chi connectivity index (χ1v) is 8.80. The lowest BCUT2D eigenvalue weighted by Gasteiger charge is -2.14. The average Bonchev–Trinajstić information content (AvgIpc) is 2.67. The Hall–Kier alpha value is -3.48. The van der Waals surface area contributed by atoms with Crippen molar-refractivity contribution in [3.8, 4) is 16.9 Å². The Balaban J connectivity index is 2.06. The zero-order valence-corrected chi connectivity index (χ0v) is 16.1. The molecule has 0 saturated carbocycles. The average molecular weight is 399 g/mol. The van der Waals surface area contributed by atoms with E-state index in [9.17, 15) is 18.4 Å². The summed E-state index contributed by atoms with van der Waals surface area (Å²) in [6, 6.07) is 9.61. The second kappa shape index (κ2) is 8.26. The topological polar surface area (TPSA) is 68.4 Å². The van der Waals surface area contributed by atoms with E-state index in [1.165, 1.54) is 13.2 Å². The van der Waals surface area contributed by atoms with E-state index in [1.807, 2.05) is 0 Å². The lowest BCUT2D eigenvalue weighted by atomic mass is 9.95. The summed E-state index contributed by atoms with van der Waals surface area (Å²) >= 11 is 0. The first kappa shape index (κ1) is 20.3. The number of nitrogens with one attached hydrogen (secondary N) is 1. The largest absolute Gasteiger partial charge is 0.486 e. The van der Waals surface area contributed by atoms with Crippen LogP contribution in [0.15, 0.2) is 47.3 Å². The first-order valence-electron chi connectivity index (χ1n) is 8.80. The fourth-order valence-electron chi connectivity index (χ4n) is 3.05. The molecular formula is C22H19F2NO4. The van der Waals surface area contributed by atoms with Crippen LogP contribution in [0, 0.1) is 25.5 Å². The molecule has 3 aromatic rings. The monoisotopic (exact) mass is 399 g/mol. The molecule has 3 rings (SSSR count). The van der Waals surface area contributed by atoms with Gasteiger partial charge in [-0.25, -0.2) is 13.6 Å². The van der Waals surface area contributed by atoms with E-state index in [1.54, 1.807) is 38.1 Å². The third-order valence-electron chi connectivity index (χ3n) is 4.45. The Kier molecular flexibility index (Phi) is 5.77. The van der Waals surface area contributed by atoms with E-state index in [4.69, 9.17) is 9.47 Å². The molecule has 0 unspecified atom stereocenters. The molecule has 0 spiro atoms. The third-order valence-corrected chi connectivity index (χ3v) is 4.45. The van der Waals surface area contributed by atoms with Gasteiger partial charge in [-0.05, 0) is 55.3 Å². The van der Waals surface area contributed by atoms with Gasteiger partial charge in [0.2, 0.25) is 0 Å². The predicted octanol–water partition coefficient (Wildman–Crippen LogP) is 4.30. The fraction of sp³-hybridized carbons (Fsp3) is 0.182. The van der Waals surface area contributed by atoms with Gasteiger partial charge in [0, 0.05) is 17.3 Å². The van der Waals surface area contributed by atoms with Crippen molar-refractivity contribution in [3.63, 3.8) is 0 Å². The molecule has 0 aliphatic rings. The maximum atomic E-state index is 13.9. The van der Waals surface area contributed by atoms with Crippen molar-refractivity contribution >= 4 is 5.97 Å². The number of rotatable bonds is 5. The van der Waals surface area contributed by atoms with Gasteiger partial charge in [0.15, 0.2) is 11.6 Å². The van der Waals surface area contributed by atoms with E-state index < -0.39 is 17.6 Å². The molecular weight excluding hydrogens is 380 g/mol. The normalized spacial score (nSPS) is 10.7. The molecule has 0 fully saturated rings. The number of aromatic amines is 1. The SMILES string of the molecule is COC(=O)c1ccc(C)c(-c2c(COc3ccc(F)cc3F)cc(C)[nH]c2=O)c1. The van der Waals surface area contributed by atoms with Gasteiger partial charge in [0.1, 0.15) is 12.4 Å². The second-order valence-corrected chi connectivity index (χ2v) is 6.57. The molecule has 7 heteroatoms. The smallest absolute Gasteiger partial charge is 0.337 e. The second-order valence-electron chi connectivity index (χ2n) is 6.57. The number of esters is 1. The van der Waals surface area contributed by atoms with Crippen molar-refractivity contribution < 1.29 is 23.0 Å². The summed E-state index contributed by atoms with van der Waals surface area (Å²) in [6.45, 7) is 3.40. The van der Waals surface area contributed by atoms with Crippen LogP contribution in [0.4, 0.5) is 8.78 Å². The van der Waals surface area contributed by atoms with E-state index in [2.05, 4.69) is 4.98 Å². The minimum atomic E-state index is -0.836. The fourth-order valence-corrected chi connectivity index (χ4v) is 3.05. The lowest BCUT2D eigenvalue weighted by molar-refractivity contribution is 0.0601. The number of aryl methyl sites for hydroxylation is 2. The Labute approximate surface area is 165 Å². The molecule has 5 nitrogen and oxygen atoms in total. The van der Waals surface area contributed by atoms with E-state index in [0.717, 1.165) is 17.7 Å². The van der Waals surface area contributed by atoms with Crippen LogP contribution in [0.2, 0.25) is 0 Å². The Morgan fingerprint density at radius 2 is 1.83 bits per heavy atom. The maximum Gasteiger partial charge on any atom is 0.337 e. The number of carbonyl (C=O) groups excluding carboxylic acids is 1. The van der Waals surface area contributed by atoms with Gasteiger partial charge >= 0.3 is 5.97 Å². The van der Waals surface area contributed by atoms with Gasteiger partial charge in [-0.1, -0.05) is 6.07 Å². The van der Waals surface area contributed by atoms with Crippen LogP contribution in [0.3, 0.4) is 0 Å². The number of benzene rings is 2. The molecule has 150 valence electrons. The molecule has 1 heterocycles. The molecule has 0 amide bonds. The molecule has 0 radical (unpaired) electrons. The molecule has 0 atom stereocenters. The van der Waals surface area contributed by atoms with Gasteiger partial charge < -0.3 is 14.5 Å². The number of methoxy groups -OCH3 is 1. The highest BCUT2D eigenvalue weighted by atomic mass is 19.1. The summed E-state index contributed by atoms with van der Waals surface area (Å²) in [7, 11) is 1.27. The molecule has 29 heavy (non-hydrogen) atoms. The van der Waals surface area contributed by atoms with Gasteiger partial charge in [-0.15, -0.1) is 0 Å². The summed E-state index contributed by atoms with van der Waals surface area (Å²) in [5.74, 6) is -2.20. The van der Waals surface area contributed by atoms with Crippen LogP contribution in [-0.2, 0) is 11.3 Å². The van der Waals surface area contributed by atoms with Crippen molar-refractivity contribution in [1.82, 2.24) is 4.98 Å². The third kappa shape index (κ3) is 4.34. The summed E-state index contributed by atoms with van der Waals surface area (Å²) in [5.41, 5.74) is 2.63. The van der Waals surface area contributed by atoms with E-state index in [-0.39, 0.29) is 17.9 Å². The molecule has 0 bridgehead atoms. The molecule has 2 aromatic carbocycles. The maximum absolute atomic E-state index is 13.9. The summed E-state index contributed by atoms with van der Waals surface area (Å²) < 4.78 is 37.3. The Morgan fingerprint density at radius 1 is 1.07 bits per heavy atom. The zero-order chi connectivity index (χ0) is 21.1. The standard InChI is InChI=1S/C22H19F2NO4/c1-12-4-5-14(22(27)28-3)9-17(12)20-15(8-13(2)25-21(20)26)11-29-19-7-6-16(23)10-18(19)24/h4-10H,11H2,1-3H3,(H,25,26). The van der Waals surface area contributed by atoms with Crippen LogP contribution < -0.4 is 10.3 Å². The van der Waals surface area contributed by atoms with Crippen LogP contribution in [0.25, 0.3) is 11.1 Å². The predicted molar refractivity (Wildman–Crippen MR) is 104 cm³/mol. The van der Waals surface area contributed by atoms with Gasteiger partial charge in [-0.2, -0.15) is 0 Å². The molecule has 0 aliphatic carbocycles. The number of ether oxygens (including phenoxy) is 2. The highest BCUT2D eigenvalue weighted by molar-refractivity contribution is 5.91. The summed E-state index contributed by atoms with van der Waals surface area (Å²) in [6.07, 6.45) is 0. The van der Waals surface area contributed by atoms with Gasteiger partial charge in [0.25, 0.3) is 5.56 Å². The Morgan fingerprint density at radius 3 is 2.52 bits per heavy atom. The van der Waals surface area contributed by atoms with Gasteiger partial charge in [-0.3, -0.25) is 4.79 Å². The molecule has 1 N–H and O–H groups in total. The van der Waals surface area contributed by atoms with Crippen LogP contribution in [-0.4, -0.2) is 18.1 Å². The van der Waals surface area contributed by atoms with Crippen molar-refractivity contribution in [3.05, 3.63) is 86.8 Å². The van der Waals surface area contributed by atoms with Crippen LogP contribution in [0.1, 0.15) is 27.2 Å². The number of H-pyrrole nitrogens is 1. The number of halogens is 2. The highest BCUT2D eigenvalue weighted by Crippen LogP contribution is 2.27. The summed E-state index contributed by atoms with van der Waals surface area (Å²) in [4.78, 5) is 27.4. The molecule has 1 aromatic heterocycles. The minimum Gasteiger partial charge on any atom is -0.486 e. The zero-order valence-electron chi connectivity index (χ0n) is 16.1. The number of hydrogen-bond acceptors (Lipinski definition) is 4. The quantitative estimate of drug-likeness (QED) is 0.650. The van der Waals surface area contributed by atoms with Crippen molar-refractivity contribution in [2.75, 3.05) is 7.11 Å². The Bertz CT molecular complexity index is 1140. The van der Waals surface area contributed by atoms with Crippen LogP contribution in [0.5, 0.6) is 5.75 Å². The van der Waals surface area contributed by atoms with E-state index in [0.29, 0.717) is 27.9 Å². The molecule has 0 saturated heterocycles. The first-order chi connectivity index (χ1) is 13.8. The molecule has 0 aliphatic heterocycles. The van der Waals surface area contributed by atoms with E-state index >= 15 is 0 Å². The highest BCUT2D eigenvalue weighted by Gasteiger charge is 2.17. The number of pyridine rings is 1. The van der Waals surface area contributed by atoms with Crippen molar-refractivity contribution in [2.45, 2.75) is 20.5 Å². The number of aromatic nitrogens is 1. The van der Waals surface area contributed by atoms with Gasteiger partial charge in [0.05, 0.1) is 18.2 Å². The lowest BCUT2D eigenvalue weighted by Crippen LogP contribution is -2.16. The number of carbonyl (C=O) groups is 1. The number of hydrogen-bond donors (Lipinski definition) is 1. The minimum absolute atomic E-state index is 0.120.